The number of hydrogen-bond donors (Lipinski definition) is 2. The molecule has 0 unspecified atom stereocenters. The lowest BCUT2D eigenvalue weighted by molar-refractivity contribution is 0.494. The average molecular weight is 519 g/mol. The van der Waals surface area contributed by atoms with Crippen molar-refractivity contribution in [1.82, 2.24) is 14.5 Å². The second-order valence-electron chi connectivity index (χ2n) is 9.23. The van der Waals surface area contributed by atoms with Gasteiger partial charge in [-0.05, 0) is 94.1 Å². The lowest BCUT2D eigenvalue weighted by Crippen LogP contribution is -2.18. The van der Waals surface area contributed by atoms with Crippen LogP contribution in [0.25, 0.3) is 21.8 Å². The van der Waals surface area contributed by atoms with Gasteiger partial charge in [0.15, 0.2) is 23.3 Å². The fourth-order valence-electron chi connectivity index (χ4n) is 5.30. The lowest BCUT2D eigenvalue weighted by Gasteiger charge is -2.25. The van der Waals surface area contributed by atoms with Gasteiger partial charge in [-0.2, -0.15) is 0 Å². The molecule has 1 spiro atoms. The third kappa shape index (κ3) is 5.27. The van der Waals surface area contributed by atoms with Gasteiger partial charge in [-0.3, -0.25) is 0 Å². The highest BCUT2D eigenvalue weighted by Crippen LogP contribution is 2.55. The topological polar surface area (TPSA) is 47.9 Å². The van der Waals surface area contributed by atoms with E-state index >= 15 is 0 Å². The second kappa shape index (κ2) is 12.1. The number of nitrogens with one attached hydrogen (secondary N) is 1. The Kier molecular flexibility index (Phi) is 9.42. The number of hydrogen-bond acceptors (Lipinski definition) is 2. The average Bonchev–Trinajstić information content (AvgIpc) is 3.34. The summed E-state index contributed by atoms with van der Waals surface area (Å²) in [5, 5.41) is 3.61. The van der Waals surface area contributed by atoms with Crippen LogP contribution in [0.1, 0.15) is 50.7 Å². The first-order valence-electron chi connectivity index (χ1n) is 13.0. The molecule has 37 heavy (non-hydrogen) atoms. The van der Waals surface area contributed by atoms with Gasteiger partial charge in [0.2, 0.25) is 0 Å². The number of benzene rings is 2. The number of nitrogens with two attached hydrogens (primary N) is 1. The molecular weight excluding hydrogens is 480 g/mol. The molecule has 0 radical (unpaired) electrons. The molecule has 8 heteroatoms. The van der Waals surface area contributed by atoms with Crippen LogP contribution in [-0.2, 0) is 24.9 Å². The number of nitrogens with zero attached hydrogens (tertiary/aromatic N) is 2. The minimum absolute atomic E-state index is 0.168. The molecule has 4 heterocycles. The Labute approximate surface area is 216 Å². The van der Waals surface area contributed by atoms with E-state index in [9.17, 15) is 17.6 Å². The summed E-state index contributed by atoms with van der Waals surface area (Å²) in [7, 11) is 5.25. The first kappa shape index (κ1) is 28.7. The fourth-order valence-corrected chi connectivity index (χ4v) is 5.30. The minimum atomic E-state index is -0.729. The summed E-state index contributed by atoms with van der Waals surface area (Å²) in [6.45, 7) is 5.84. The van der Waals surface area contributed by atoms with Crippen LogP contribution in [0.15, 0.2) is 36.7 Å². The Morgan fingerprint density at radius 2 is 1.30 bits per heavy atom. The maximum atomic E-state index is 13.6. The third-order valence-corrected chi connectivity index (χ3v) is 7.05. The summed E-state index contributed by atoms with van der Waals surface area (Å²) in [6, 6.07) is 6.09. The van der Waals surface area contributed by atoms with Crippen LogP contribution < -0.4 is 11.1 Å². The Balaban J connectivity index is 0.000000167. The maximum Gasteiger partial charge on any atom is 0.168 e. The number of aromatic nitrogens is 2. The molecule has 2 aliphatic heterocycles. The molecule has 4 nitrogen and oxygen atoms in total. The smallest absolute Gasteiger partial charge is 0.168 e. The van der Waals surface area contributed by atoms with Gasteiger partial charge in [-0.1, -0.05) is 13.8 Å². The van der Waals surface area contributed by atoms with E-state index in [1.165, 1.54) is 19.2 Å². The Bertz CT molecular complexity index is 1350. The van der Waals surface area contributed by atoms with Crippen LogP contribution in [0, 0.1) is 23.3 Å². The summed E-state index contributed by atoms with van der Waals surface area (Å²) in [5.74, 6) is -2.85. The fraction of sp³-hybridized carbons (Fsp3) is 0.448. The summed E-state index contributed by atoms with van der Waals surface area (Å²) in [6.07, 6.45) is 8.85. The van der Waals surface area contributed by atoms with Gasteiger partial charge in [0, 0.05) is 36.3 Å². The van der Waals surface area contributed by atoms with Gasteiger partial charge in [-0.15, -0.1) is 0 Å². The van der Waals surface area contributed by atoms with E-state index < -0.39 is 23.3 Å². The maximum absolute atomic E-state index is 13.6. The van der Waals surface area contributed by atoms with Crippen LogP contribution in [0.3, 0.4) is 0 Å². The molecule has 3 N–H and O–H groups in total. The number of fused-ring (bicyclic) bond motifs is 1. The SMILES string of the molecule is CC.CN.CNC.Fc1cc2c3c(ccn3CCC2)c1F.Fc1cc2c3c(ccn3CCC23CC3)c1F. The van der Waals surface area contributed by atoms with Crippen LogP contribution in [0.2, 0.25) is 0 Å². The van der Waals surface area contributed by atoms with Crippen molar-refractivity contribution in [2.75, 3.05) is 21.1 Å². The monoisotopic (exact) mass is 518 g/mol. The number of aryl methyl sites for hydroxylation is 3. The number of halogens is 4. The quantitative estimate of drug-likeness (QED) is 0.256. The van der Waals surface area contributed by atoms with Crippen molar-refractivity contribution in [3.05, 3.63) is 71.1 Å². The van der Waals surface area contributed by atoms with Crippen molar-refractivity contribution in [3.63, 3.8) is 0 Å². The second-order valence-corrected chi connectivity index (χ2v) is 9.23. The van der Waals surface area contributed by atoms with E-state index in [4.69, 9.17) is 0 Å². The molecule has 1 saturated carbocycles. The van der Waals surface area contributed by atoms with Crippen LogP contribution >= 0.6 is 0 Å². The normalized spacial score (nSPS) is 15.4. The molecular formula is C29H38F4N4. The van der Waals surface area contributed by atoms with Crippen LogP contribution in [0.4, 0.5) is 17.6 Å². The van der Waals surface area contributed by atoms with Gasteiger partial charge >= 0.3 is 0 Å². The third-order valence-electron chi connectivity index (χ3n) is 7.05. The summed E-state index contributed by atoms with van der Waals surface area (Å²) in [4.78, 5) is 0. The van der Waals surface area contributed by atoms with Gasteiger partial charge in [-0.25, -0.2) is 17.6 Å². The summed E-state index contributed by atoms with van der Waals surface area (Å²) in [5.41, 5.74) is 8.41. The van der Waals surface area contributed by atoms with Crippen LogP contribution in [0.5, 0.6) is 0 Å². The van der Waals surface area contributed by atoms with E-state index in [0.717, 1.165) is 67.4 Å². The highest BCUT2D eigenvalue weighted by atomic mass is 19.2. The molecule has 0 amide bonds. The minimum Gasteiger partial charge on any atom is -0.347 e. The molecule has 202 valence electrons. The molecule has 0 saturated heterocycles. The van der Waals surface area contributed by atoms with E-state index in [1.807, 2.05) is 44.9 Å². The number of rotatable bonds is 0. The first-order valence-corrected chi connectivity index (χ1v) is 13.0. The molecule has 1 fully saturated rings. The molecule has 1 aliphatic carbocycles. The van der Waals surface area contributed by atoms with Crippen molar-refractivity contribution in [2.45, 2.75) is 64.5 Å². The molecule has 2 aromatic heterocycles. The van der Waals surface area contributed by atoms with Gasteiger partial charge in [0.05, 0.1) is 11.0 Å². The molecule has 4 aromatic rings. The van der Waals surface area contributed by atoms with Crippen molar-refractivity contribution < 1.29 is 17.6 Å². The molecule has 7 rings (SSSR count). The Hall–Kier alpha value is -2.84. The van der Waals surface area contributed by atoms with Gasteiger partial charge < -0.3 is 20.2 Å². The van der Waals surface area contributed by atoms with Gasteiger partial charge in [0.25, 0.3) is 0 Å². The van der Waals surface area contributed by atoms with E-state index in [2.05, 4.69) is 15.6 Å². The Morgan fingerprint density at radius 1 is 0.784 bits per heavy atom. The predicted molar refractivity (Wildman–Crippen MR) is 144 cm³/mol. The zero-order valence-corrected chi connectivity index (χ0v) is 22.4. The highest BCUT2D eigenvalue weighted by molar-refractivity contribution is 5.86. The van der Waals surface area contributed by atoms with E-state index in [0.29, 0.717) is 10.8 Å². The summed E-state index contributed by atoms with van der Waals surface area (Å²) >= 11 is 0. The first-order chi connectivity index (χ1) is 17.9. The lowest BCUT2D eigenvalue weighted by atomic mass is 9.88. The molecule has 2 aromatic carbocycles. The van der Waals surface area contributed by atoms with E-state index in [-0.39, 0.29) is 5.41 Å². The predicted octanol–water partition coefficient (Wildman–Crippen LogP) is 6.66. The Morgan fingerprint density at radius 3 is 1.86 bits per heavy atom. The van der Waals surface area contributed by atoms with Crippen molar-refractivity contribution in [1.29, 1.82) is 0 Å². The molecule has 0 bridgehead atoms. The highest BCUT2D eigenvalue weighted by Gasteiger charge is 2.47. The van der Waals surface area contributed by atoms with Crippen molar-refractivity contribution in [3.8, 4) is 0 Å². The largest absolute Gasteiger partial charge is 0.347 e. The van der Waals surface area contributed by atoms with Gasteiger partial charge in [0.1, 0.15) is 0 Å². The molecule has 3 aliphatic rings. The van der Waals surface area contributed by atoms with Crippen molar-refractivity contribution >= 4 is 21.8 Å². The zero-order valence-electron chi connectivity index (χ0n) is 22.4. The zero-order chi connectivity index (χ0) is 27.3. The van der Waals surface area contributed by atoms with Crippen molar-refractivity contribution in [2.24, 2.45) is 5.73 Å². The van der Waals surface area contributed by atoms with E-state index in [1.54, 1.807) is 12.1 Å². The standard InChI is InChI=1S/C13H11F2N.C11H9F2N.C2H7N.C2H6.CH5N/c14-10-7-9-12-8(11(10)15)1-5-16(12)6-4-13(9)2-3-13;12-9-6-7-2-1-4-14-5-3-8(10(9)13)11(7)14;1-3-2;2*1-2/h1,5,7H,2-4,6H2;3,5-6H,1-2,4H2;3H,1-2H3;1-2H3;2H2,1H3. The summed E-state index contributed by atoms with van der Waals surface area (Å²) < 4.78 is 57.7. The van der Waals surface area contributed by atoms with Crippen LogP contribution in [-0.4, -0.2) is 30.3 Å². The molecule has 0 atom stereocenters.